The minimum absolute atomic E-state index is 0.0876. The molecule has 2 heterocycles. The van der Waals surface area contributed by atoms with Gasteiger partial charge in [0.2, 0.25) is 5.91 Å². The monoisotopic (exact) mass is 252 g/mol. The highest BCUT2D eigenvalue weighted by Gasteiger charge is 2.34. The minimum atomic E-state index is 0.0876. The lowest BCUT2D eigenvalue weighted by atomic mass is 9.99. The summed E-state index contributed by atoms with van der Waals surface area (Å²) >= 11 is 0. The van der Waals surface area contributed by atoms with E-state index in [0.29, 0.717) is 17.9 Å². The fourth-order valence-corrected chi connectivity index (χ4v) is 3.38. The third-order valence-corrected chi connectivity index (χ3v) is 4.46. The number of hydrogen-bond acceptors (Lipinski definition) is 2. The van der Waals surface area contributed by atoms with Gasteiger partial charge in [-0.25, -0.2) is 0 Å². The lowest BCUT2D eigenvalue weighted by molar-refractivity contribution is -0.135. The predicted octanol–water partition coefficient (Wildman–Crippen LogP) is 2.56. The van der Waals surface area contributed by atoms with Crippen molar-refractivity contribution >= 4 is 5.91 Å². The van der Waals surface area contributed by atoms with Crippen LogP contribution in [0.25, 0.3) is 0 Å². The van der Waals surface area contributed by atoms with Crippen molar-refractivity contribution in [3.8, 4) is 0 Å². The number of likely N-dealkylation sites (tertiary alicyclic amines) is 1. The molecule has 0 aliphatic carbocycles. The number of hydrogen-bond donors (Lipinski definition) is 1. The summed E-state index contributed by atoms with van der Waals surface area (Å²) in [4.78, 5) is 14.8. The lowest BCUT2D eigenvalue weighted by Crippen LogP contribution is -2.50. The summed E-state index contributed by atoms with van der Waals surface area (Å²) in [6.07, 6.45) is 8.42. The Labute approximate surface area is 111 Å². The van der Waals surface area contributed by atoms with Crippen LogP contribution in [0.1, 0.15) is 58.8 Å². The van der Waals surface area contributed by atoms with Gasteiger partial charge in [0.05, 0.1) is 6.04 Å². The molecule has 2 atom stereocenters. The molecular formula is C15H28N2O. The summed E-state index contributed by atoms with van der Waals surface area (Å²) in [5.74, 6) is 0.957. The van der Waals surface area contributed by atoms with E-state index in [1.165, 1.54) is 38.5 Å². The van der Waals surface area contributed by atoms with Gasteiger partial charge in [0.25, 0.3) is 0 Å². The number of nitrogens with one attached hydrogen (secondary N) is 1. The van der Waals surface area contributed by atoms with E-state index in [1.807, 2.05) is 0 Å². The van der Waals surface area contributed by atoms with Crippen LogP contribution in [0.3, 0.4) is 0 Å². The van der Waals surface area contributed by atoms with Crippen molar-refractivity contribution < 1.29 is 4.79 Å². The molecule has 18 heavy (non-hydrogen) atoms. The smallest absolute Gasteiger partial charge is 0.239 e. The molecule has 2 unspecified atom stereocenters. The van der Waals surface area contributed by atoms with Crippen molar-refractivity contribution in [1.82, 2.24) is 10.2 Å². The van der Waals surface area contributed by atoms with E-state index in [2.05, 4.69) is 24.1 Å². The van der Waals surface area contributed by atoms with Gasteiger partial charge in [-0.2, -0.15) is 0 Å². The van der Waals surface area contributed by atoms with Gasteiger partial charge in [0.15, 0.2) is 0 Å². The maximum atomic E-state index is 12.6. The second-order valence-electron chi connectivity index (χ2n) is 6.19. The van der Waals surface area contributed by atoms with Crippen LogP contribution in [0.2, 0.25) is 0 Å². The first-order valence-corrected chi connectivity index (χ1v) is 7.74. The van der Waals surface area contributed by atoms with Crippen molar-refractivity contribution in [1.29, 1.82) is 0 Å². The molecule has 0 aromatic heterocycles. The van der Waals surface area contributed by atoms with Gasteiger partial charge >= 0.3 is 0 Å². The molecule has 0 radical (unpaired) electrons. The zero-order valence-corrected chi connectivity index (χ0v) is 12.0. The van der Waals surface area contributed by atoms with Gasteiger partial charge in [0, 0.05) is 12.6 Å². The minimum Gasteiger partial charge on any atom is -0.338 e. The van der Waals surface area contributed by atoms with Gasteiger partial charge < -0.3 is 10.2 Å². The Bertz CT molecular complexity index is 270. The van der Waals surface area contributed by atoms with Gasteiger partial charge in [-0.15, -0.1) is 0 Å². The number of amides is 1. The summed E-state index contributed by atoms with van der Waals surface area (Å²) in [6, 6.07) is 0.564. The highest BCUT2D eigenvalue weighted by atomic mass is 16.2. The average molecular weight is 252 g/mol. The Morgan fingerprint density at radius 1 is 1.11 bits per heavy atom. The summed E-state index contributed by atoms with van der Waals surface area (Å²) in [5.41, 5.74) is 0. The molecule has 2 fully saturated rings. The van der Waals surface area contributed by atoms with Crippen molar-refractivity contribution in [3.63, 3.8) is 0 Å². The molecule has 0 aromatic carbocycles. The normalized spacial score (nSPS) is 30.3. The number of carbonyl (C=O) groups is 1. The molecular weight excluding hydrogens is 224 g/mol. The van der Waals surface area contributed by atoms with Crippen molar-refractivity contribution in [2.24, 2.45) is 5.92 Å². The molecule has 2 saturated heterocycles. The fourth-order valence-electron chi connectivity index (χ4n) is 3.38. The molecule has 1 amide bonds. The van der Waals surface area contributed by atoms with Crippen LogP contribution < -0.4 is 5.32 Å². The van der Waals surface area contributed by atoms with Crippen LogP contribution in [-0.4, -0.2) is 36.0 Å². The van der Waals surface area contributed by atoms with Crippen LogP contribution in [0.5, 0.6) is 0 Å². The first-order chi connectivity index (χ1) is 8.70. The number of nitrogens with zero attached hydrogens (tertiary/aromatic N) is 1. The summed E-state index contributed by atoms with van der Waals surface area (Å²) < 4.78 is 0. The highest BCUT2D eigenvalue weighted by Crippen LogP contribution is 2.25. The molecule has 3 heteroatoms. The van der Waals surface area contributed by atoms with E-state index in [0.717, 1.165) is 19.5 Å². The van der Waals surface area contributed by atoms with Gasteiger partial charge in [0.1, 0.15) is 0 Å². The molecule has 2 aliphatic rings. The SMILES string of the molecule is CC(C)C1CCCN1C(=O)C1CCCCCCN1. The fraction of sp³-hybridized carbons (Fsp3) is 0.933. The van der Waals surface area contributed by atoms with Gasteiger partial charge in [-0.1, -0.05) is 33.1 Å². The molecule has 0 bridgehead atoms. The molecule has 0 spiro atoms. The van der Waals surface area contributed by atoms with E-state index < -0.39 is 0 Å². The molecule has 3 nitrogen and oxygen atoms in total. The second-order valence-corrected chi connectivity index (χ2v) is 6.19. The number of rotatable bonds is 2. The summed E-state index contributed by atoms with van der Waals surface area (Å²) in [6.45, 7) is 6.46. The Balaban J connectivity index is 1.95. The van der Waals surface area contributed by atoms with Crippen molar-refractivity contribution in [2.45, 2.75) is 70.9 Å². The van der Waals surface area contributed by atoms with Crippen LogP contribution >= 0.6 is 0 Å². The molecule has 2 rings (SSSR count). The molecule has 104 valence electrons. The zero-order chi connectivity index (χ0) is 13.0. The van der Waals surface area contributed by atoms with Crippen molar-refractivity contribution in [2.75, 3.05) is 13.1 Å². The van der Waals surface area contributed by atoms with Gasteiger partial charge in [-0.3, -0.25) is 4.79 Å². The van der Waals surface area contributed by atoms with Crippen LogP contribution in [0.15, 0.2) is 0 Å². The van der Waals surface area contributed by atoms with Crippen LogP contribution in [0, 0.1) is 5.92 Å². The maximum absolute atomic E-state index is 12.6. The third kappa shape index (κ3) is 3.25. The lowest BCUT2D eigenvalue weighted by Gasteiger charge is -2.32. The van der Waals surface area contributed by atoms with E-state index in [-0.39, 0.29) is 6.04 Å². The third-order valence-electron chi connectivity index (χ3n) is 4.46. The van der Waals surface area contributed by atoms with E-state index >= 15 is 0 Å². The Morgan fingerprint density at radius 2 is 1.89 bits per heavy atom. The quantitative estimate of drug-likeness (QED) is 0.819. The molecule has 2 aliphatic heterocycles. The number of carbonyl (C=O) groups excluding carboxylic acids is 1. The second kappa shape index (κ2) is 6.55. The largest absolute Gasteiger partial charge is 0.338 e. The average Bonchev–Trinajstić information content (AvgIpc) is 2.76. The maximum Gasteiger partial charge on any atom is 0.239 e. The molecule has 1 N–H and O–H groups in total. The zero-order valence-electron chi connectivity index (χ0n) is 12.0. The predicted molar refractivity (Wildman–Crippen MR) is 74.4 cm³/mol. The Kier molecular flexibility index (Phi) is 5.04. The summed E-state index contributed by atoms with van der Waals surface area (Å²) in [5, 5.41) is 3.47. The molecule has 0 aromatic rings. The molecule has 0 saturated carbocycles. The first kappa shape index (κ1) is 13.9. The van der Waals surface area contributed by atoms with E-state index in [9.17, 15) is 4.79 Å². The topological polar surface area (TPSA) is 32.3 Å². The first-order valence-electron chi connectivity index (χ1n) is 7.74. The van der Waals surface area contributed by atoms with Crippen LogP contribution in [0.4, 0.5) is 0 Å². The van der Waals surface area contributed by atoms with Gasteiger partial charge in [-0.05, 0) is 38.1 Å². The van der Waals surface area contributed by atoms with Crippen molar-refractivity contribution in [3.05, 3.63) is 0 Å². The highest BCUT2D eigenvalue weighted by molar-refractivity contribution is 5.82. The summed E-state index contributed by atoms with van der Waals surface area (Å²) in [7, 11) is 0. The van der Waals surface area contributed by atoms with E-state index in [1.54, 1.807) is 0 Å². The Hall–Kier alpha value is -0.570. The standard InChI is InChI=1S/C15H28N2O/c1-12(2)14-9-7-11-17(14)15(18)13-8-5-3-4-6-10-16-13/h12-14,16H,3-11H2,1-2H3. The van der Waals surface area contributed by atoms with Crippen LogP contribution in [-0.2, 0) is 4.79 Å². The van der Waals surface area contributed by atoms with E-state index in [4.69, 9.17) is 0 Å². The Morgan fingerprint density at radius 3 is 2.67 bits per heavy atom.